The van der Waals surface area contributed by atoms with Gasteiger partial charge in [0.15, 0.2) is 0 Å². The maximum absolute atomic E-state index is 12.8. The third-order valence-corrected chi connectivity index (χ3v) is 7.19. The zero-order valence-electron chi connectivity index (χ0n) is 16.2. The Bertz CT molecular complexity index is 660. The van der Waals surface area contributed by atoms with Crippen LogP contribution in [0.3, 0.4) is 0 Å². The van der Waals surface area contributed by atoms with Crippen molar-refractivity contribution in [3.05, 3.63) is 35.9 Å². The van der Waals surface area contributed by atoms with Gasteiger partial charge in [-0.1, -0.05) is 68.9 Å². The van der Waals surface area contributed by atoms with Crippen molar-refractivity contribution in [2.45, 2.75) is 82.4 Å². The lowest BCUT2D eigenvalue weighted by molar-refractivity contribution is -0.137. The van der Waals surface area contributed by atoms with E-state index in [1.165, 1.54) is 0 Å². The third kappa shape index (κ3) is 8.01. The minimum atomic E-state index is -3.24. The monoisotopic (exact) mass is 395 g/mol. The molecule has 0 radical (unpaired) electrons. The largest absolute Gasteiger partial charge is 0.481 e. The minimum absolute atomic E-state index is 0.0979. The maximum atomic E-state index is 12.8. The van der Waals surface area contributed by atoms with Crippen molar-refractivity contribution < 1.29 is 18.3 Å². The predicted octanol–water partition coefficient (Wildman–Crippen LogP) is 4.58. The summed E-state index contributed by atoms with van der Waals surface area (Å²) in [6.45, 7) is 0.656. The summed E-state index contributed by atoms with van der Waals surface area (Å²) in [6.07, 6.45) is 10.5. The Hall–Kier alpha value is -1.40. The van der Waals surface area contributed by atoms with Crippen molar-refractivity contribution in [2.75, 3.05) is 6.54 Å². The van der Waals surface area contributed by atoms with Gasteiger partial charge >= 0.3 is 5.97 Å². The van der Waals surface area contributed by atoms with E-state index < -0.39 is 16.0 Å². The quantitative estimate of drug-likeness (QED) is 0.496. The van der Waals surface area contributed by atoms with Crippen molar-refractivity contribution in [1.29, 1.82) is 0 Å². The van der Waals surface area contributed by atoms with Gasteiger partial charge in [-0.2, -0.15) is 4.31 Å². The van der Waals surface area contributed by atoms with Gasteiger partial charge in [-0.15, -0.1) is 0 Å². The molecule has 5 nitrogen and oxygen atoms in total. The molecule has 0 spiro atoms. The average molecular weight is 396 g/mol. The zero-order valence-corrected chi connectivity index (χ0v) is 17.0. The Balaban J connectivity index is 1.65. The highest BCUT2D eigenvalue weighted by Gasteiger charge is 2.33. The van der Waals surface area contributed by atoms with Gasteiger partial charge in [0.2, 0.25) is 10.0 Å². The summed E-state index contributed by atoms with van der Waals surface area (Å²) < 4.78 is 27.3. The number of carboxylic acid groups (broad SMARTS) is 1. The molecule has 0 aromatic heterocycles. The topological polar surface area (TPSA) is 74.7 Å². The first-order valence-electron chi connectivity index (χ1n) is 10.2. The minimum Gasteiger partial charge on any atom is -0.481 e. The first-order valence-corrected chi connectivity index (χ1v) is 11.9. The van der Waals surface area contributed by atoms with Crippen LogP contribution in [0.4, 0.5) is 0 Å². The van der Waals surface area contributed by atoms with Crippen LogP contribution in [0.5, 0.6) is 0 Å². The summed E-state index contributed by atoms with van der Waals surface area (Å²) in [5.74, 6) is -0.612. The van der Waals surface area contributed by atoms with E-state index in [4.69, 9.17) is 5.11 Å². The standard InChI is InChI=1S/C21H33NO4S/c23-21(24)16-10-5-3-1-2-4-9-14-20-15-11-17-22(20)27(25,26)18-19-12-7-6-8-13-19/h6-8,12-13,20H,1-5,9-11,14-18H2,(H,23,24). The molecule has 1 fully saturated rings. The highest BCUT2D eigenvalue weighted by atomic mass is 32.2. The summed E-state index contributed by atoms with van der Waals surface area (Å²) in [5.41, 5.74) is 0.853. The van der Waals surface area contributed by atoms with Crippen LogP contribution < -0.4 is 0 Å². The molecular formula is C21H33NO4S. The molecule has 0 saturated carbocycles. The van der Waals surface area contributed by atoms with Gasteiger partial charge in [0, 0.05) is 19.0 Å². The second-order valence-corrected chi connectivity index (χ2v) is 9.48. The molecule has 27 heavy (non-hydrogen) atoms. The molecule has 0 amide bonds. The fourth-order valence-electron chi connectivity index (χ4n) is 3.87. The van der Waals surface area contributed by atoms with Gasteiger partial charge in [0.1, 0.15) is 0 Å². The zero-order chi connectivity index (χ0) is 19.5. The molecule has 6 heteroatoms. The Labute approximate surface area is 163 Å². The van der Waals surface area contributed by atoms with E-state index in [1.807, 2.05) is 30.3 Å². The Morgan fingerprint density at radius 1 is 1.00 bits per heavy atom. The van der Waals surface area contributed by atoms with Gasteiger partial charge in [-0.3, -0.25) is 4.79 Å². The molecule has 1 aromatic rings. The lowest BCUT2D eigenvalue weighted by atomic mass is 10.0. The molecule has 1 saturated heterocycles. The van der Waals surface area contributed by atoms with Crippen molar-refractivity contribution in [2.24, 2.45) is 0 Å². The van der Waals surface area contributed by atoms with E-state index in [1.54, 1.807) is 4.31 Å². The van der Waals surface area contributed by atoms with Crippen molar-refractivity contribution >= 4 is 16.0 Å². The van der Waals surface area contributed by atoms with E-state index in [2.05, 4.69) is 0 Å². The molecule has 1 heterocycles. The highest BCUT2D eigenvalue weighted by Crippen LogP contribution is 2.27. The molecule has 152 valence electrons. The summed E-state index contributed by atoms with van der Waals surface area (Å²) in [7, 11) is -3.24. The fourth-order valence-corrected chi connectivity index (χ4v) is 5.72. The smallest absolute Gasteiger partial charge is 0.303 e. The molecule has 1 aliphatic heterocycles. The van der Waals surface area contributed by atoms with Crippen molar-refractivity contribution in [1.82, 2.24) is 4.31 Å². The number of rotatable bonds is 13. The van der Waals surface area contributed by atoms with E-state index in [9.17, 15) is 13.2 Å². The Kier molecular flexibility index (Phi) is 9.28. The van der Waals surface area contributed by atoms with Gasteiger partial charge in [0.25, 0.3) is 0 Å². The van der Waals surface area contributed by atoms with E-state index in [0.29, 0.717) is 6.54 Å². The molecule has 1 N–H and O–H groups in total. The lowest BCUT2D eigenvalue weighted by Gasteiger charge is -2.24. The normalized spacial score (nSPS) is 18.0. The van der Waals surface area contributed by atoms with Gasteiger partial charge in [0.05, 0.1) is 5.75 Å². The van der Waals surface area contributed by atoms with Crippen molar-refractivity contribution in [3.8, 4) is 0 Å². The summed E-state index contributed by atoms with van der Waals surface area (Å²) in [6, 6.07) is 9.58. The van der Waals surface area contributed by atoms with Crippen LogP contribution in [0, 0.1) is 0 Å². The average Bonchev–Trinajstić information content (AvgIpc) is 3.10. The fraction of sp³-hybridized carbons (Fsp3) is 0.667. The molecule has 1 unspecified atom stereocenters. The lowest BCUT2D eigenvalue weighted by Crippen LogP contribution is -2.36. The summed E-state index contributed by atoms with van der Waals surface area (Å²) >= 11 is 0. The van der Waals surface area contributed by atoms with Crippen LogP contribution in [0.25, 0.3) is 0 Å². The predicted molar refractivity (Wildman–Crippen MR) is 108 cm³/mol. The number of nitrogens with zero attached hydrogens (tertiary/aromatic N) is 1. The molecule has 1 aromatic carbocycles. The van der Waals surface area contributed by atoms with Crippen molar-refractivity contribution in [3.63, 3.8) is 0 Å². The Morgan fingerprint density at radius 3 is 2.30 bits per heavy atom. The van der Waals surface area contributed by atoms with Gasteiger partial charge < -0.3 is 5.11 Å². The molecular weight excluding hydrogens is 362 g/mol. The second kappa shape index (κ2) is 11.4. The van der Waals surface area contributed by atoms with Crippen LogP contribution >= 0.6 is 0 Å². The Morgan fingerprint density at radius 2 is 1.63 bits per heavy atom. The number of unbranched alkanes of at least 4 members (excludes halogenated alkanes) is 6. The van der Waals surface area contributed by atoms with E-state index in [0.717, 1.165) is 69.8 Å². The molecule has 0 bridgehead atoms. The molecule has 1 aliphatic rings. The number of hydrogen-bond donors (Lipinski definition) is 1. The molecule has 1 atom stereocenters. The highest BCUT2D eigenvalue weighted by molar-refractivity contribution is 7.88. The second-order valence-electron chi connectivity index (χ2n) is 7.56. The first kappa shape index (κ1) is 21.9. The maximum Gasteiger partial charge on any atom is 0.303 e. The number of sulfonamides is 1. The summed E-state index contributed by atoms with van der Waals surface area (Å²) in [4.78, 5) is 10.5. The summed E-state index contributed by atoms with van der Waals surface area (Å²) in [5, 5.41) is 8.60. The van der Waals surface area contributed by atoms with E-state index >= 15 is 0 Å². The number of hydrogen-bond acceptors (Lipinski definition) is 3. The van der Waals surface area contributed by atoms with Crippen LogP contribution in [0.1, 0.15) is 76.2 Å². The third-order valence-electron chi connectivity index (χ3n) is 5.30. The molecule has 2 rings (SSSR count). The van der Waals surface area contributed by atoms with Crippen LogP contribution in [0.2, 0.25) is 0 Å². The first-order chi connectivity index (χ1) is 13.0. The van der Waals surface area contributed by atoms with Gasteiger partial charge in [-0.05, 0) is 31.2 Å². The van der Waals surface area contributed by atoms with Crippen LogP contribution in [-0.2, 0) is 20.6 Å². The van der Waals surface area contributed by atoms with E-state index in [-0.39, 0.29) is 18.2 Å². The van der Waals surface area contributed by atoms with Crippen LogP contribution in [0.15, 0.2) is 30.3 Å². The number of benzene rings is 1. The number of aliphatic carboxylic acids is 1. The van der Waals surface area contributed by atoms with Gasteiger partial charge in [-0.25, -0.2) is 8.42 Å². The number of carbonyl (C=O) groups is 1. The molecule has 0 aliphatic carbocycles. The number of carboxylic acids is 1. The van der Waals surface area contributed by atoms with Crippen LogP contribution in [-0.4, -0.2) is 36.4 Å². The SMILES string of the molecule is O=C(O)CCCCCCCCCC1CCCN1S(=O)(=O)Cc1ccccc1.